The van der Waals surface area contributed by atoms with Crippen LogP contribution in [-0.2, 0) is 11.3 Å². The minimum atomic E-state index is -1.05. The van der Waals surface area contributed by atoms with E-state index in [1.165, 1.54) is 0 Å². The first-order valence-electron chi connectivity index (χ1n) is 8.47. The number of rotatable bonds is 3. The zero-order chi connectivity index (χ0) is 18.6. The molecule has 0 aromatic heterocycles. The smallest absolute Gasteiger partial charge is 0.322 e. The molecule has 2 fully saturated rings. The van der Waals surface area contributed by atoms with Gasteiger partial charge >= 0.3 is 12.1 Å². The fourth-order valence-corrected chi connectivity index (χ4v) is 4.18. The molecule has 3 N–H and O–H groups in total. The van der Waals surface area contributed by atoms with Crippen LogP contribution in [0.2, 0.25) is 10.0 Å². The van der Waals surface area contributed by atoms with Crippen LogP contribution in [0.5, 0.6) is 0 Å². The largest absolute Gasteiger partial charge is 0.335 e. The summed E-state index contributed by atoms with van der Waals surface area (Å²) >= 11 is 12.2. The number of benzene rings is 1. The van der Waals surface area contributed by atoms with Gasteiger partial charge in [-0.05, 0) is 48.9 Å². The first kappa shape index (κ1) is 17.4. The van der Waals surface area contributed by atoms with E-state index in [4.69, 9.17) is 23.2 Å². The Bertz CT molecular complexity index is 826. The minimum Gasteiger partial charge on any atom is -0.335 e. The average Bonchev–Trinajstić information content (AvgIpc) is 3.33. The summed E-state index contributed by atoms with van der Waals surface area (Å²) in [5.41, 5.74) is 0.860. The lowest BCUT2D eigenvalue weighted by Crippen LogP contribution is -2.58. The van der Waals surface area contributed by atoms with Gasteiger partial charge in [0, 0.05) is 6.54 Å². The van der Waals surface area contributed by atoms with Gasteiger partial charge in [-0.25, -0.2) is 9.59 Å². The zero-order valence-corrected chi connectivity index (χ0v) is 15.6. The molecule has 1 saturated heterocycles. The molecule has 4 rings (SSSR count). The van der Waals surface area contributed by atoms with Crippen molar-refractivity contribution < 1.29 is 14.4 Å². The van der Waals surface area contributed by atoms with Crippen molar-refractivity contribution in [2.45, 2.75) is 37.9 Å². The topological polar surface area (TPSA) is 90.5 Å². The number of halogens is 2. The third kappa shape index (κ3) is 2.70. The van der Waals surface area contributed by atoms with Crippen LogP contribution in [0.4, 0.5) is 9.59 Å². The van der Waals surface area contributed by atoms with Crippen LogP contribution in [0.1, 0.15) is 36.9 Å². The number of hydrogen-bond donors (Lipinski definition) is 3. The van der Waals surface area contributed by atoms with E-state index in [0.29, 0.717) is 16.6 Å². The Morgan fingerprint density at radius 2 is 2.00 bits per heavy atom. The average molecular weight is 397 g/mol. The van der Waals surface area contributed by atoms with E-state index in [1.807, 2.05) is 6.92 Å². The SMILES string of the molecule is CC1c2cc(Cl)c(Cl)cc2CN1C(=O)NC[C@@]1(C2CC2)NC(=O)NC1=O. The Labute approximate surface area is 160 Å². The second-order valence-corrected chi connectivity index (χ2v) is 7.90. The zero-order valence-electron chi connectivity index (χ0n) is 14.1. The van der Waals surface area contributed by atoms with Gasteiger partial charge in [0.05, 0.1) is 22.6 Å². The lowest BCUT2D eigenvalue weighted by Gasteiger charge is -2.29. The third-order valence-corrected chi connectivity index (χ3v) is 6.18. The normalized spacial score (nSPS) is 27.2. The molecule has 9 heteroatoms. The number of urea groups is 2. The monoisotopic (exact) mass is 396 g/mol. The number of nitrogens with zero attached hydrogens (tertiary/aromatic N) is 1. The van der Waals surface area contributed by atoms with Crippen molar-refractivity contribution in [2.75, 3.05) is 6.54 Å². The van der Waals surface area contributed by atoms with E-state index in [9.17, 15) is 14.4 Å². The fraction of sp³-hybridized carbons (Fsp3) is 0.471. The molecular formula is C17H18Cl2N4O3. The number of carbonyl (C=O) groups excluding carboxylic acids is 3. The van der Waals surface area contributed by atoms with Gasteiger partial charge in [0.1, 0.15) is 5.54 Å². The molecule has 1 saturated carbocycles. The van der Waals surface area contributed by atoms with Gasteiger partial charge in [0.2, 0.25) is 0 Å². The number of amides is 5. The van der Waals surface area contributed by atoms with Crippen molar-refractivity contribution in [1.29, 1.82) is 0 Å². The van der Waals surface area contributed by atoms with Gasteiger partial charge in [-0.1, -0.05) is 23.2 Å². The second kappa shape index (κ2) is 6.03. The van der Waals surface area contributed by atoms with E-state index < -0.39 is 11.6 Å². The summed E-state index contributed by atoms with van der Waals surface area (Å²) in [6, 6.07) is 2.59. The predicted molar refractivity (Wildman–Crippen MR) is 95.9 cm³/mol. The number of imide groups is 1. The van der Waals surface area contributed by atoms with Crippen LogP contribution in [0, 0.1) is 5.92 Å². The van der Waals surface area contributed by atoms with Crippen molar-refractivity contribution in [3.05, 3.63) is 33.3 Å². The molecule has 2 atom stereocenters. The van der Waals surface area contributed by atoms with Crippen molar-refractivity contribution in [3.8, 4) is 0 Å². The van der Waals surface area contributed by atoms with Gasteiger partial charge < -0.3 is 15.5 Å². The summed E-state index contributed by atoms with van der Waals surface area (Å²) < 4.78 is 0. The minimum absolute atomic E-state index is 0.0556. The summed E-state index contributed by atoms with van der Waals surface area (Å²) in [4.78, 5) is 38.2. The Morgan fingerprint density at radius 3 is 2.62 bits per heavy atom. The number of nitrogens with one attached hydrogen (secondary N) is 3. The molecule has 7 nitrogen and oxygen atoms in total. The standard InChI is InChI=1S/C17H18Cl2N4O3/c1-8-11-5-13(19)12(18)4-9(11)6-23(8)16(26)20-7-17(10-2-3-10)14(24)21-15(25)22-17/h4-5,8,10H,2-3,6-7H2,1H3,(H,20,26)(H2,21,22,24,25)/t8?,17-/m0/s1. The van der Waals surface area contributed by atoms with Gasteiger partial charge in [-0.15, -0.1) is 0 Å². The van der Waals surface area contributed by atoms with Gasteiger partial charge in [-0.3, -0.25) is 10.1 Å². The molecule has 2 heterocycles. The lowest BCUT2D eigenvalue weighted by atomic mass is 9.93. The Kier molecular flexibility index (Phi) is 4.04. The second-order valence-electron chi connectivity index (χ2n) is 7.08. The molecule has 138 valence electrons. The van der Waals surface area contributed by atoms with Crippen molar-refractivity contribution in [1.82, 2.24) is 20.9 Å². The van der Waals surface area contributed by atoms with Gasteiger partial charge in [0.15, 0.2) is 0 Å². The molecule has 1 aromatic rings. The van der Waals surface area contributed by atoms with Crippen molar-refractivity contribution in [2.24, 2.45) is 5.92 Å². The Balaban J connectivity index is 1.47. The maximum atomic E-state index is 12.7. The molecule has 1 aliphatic carbocycles. The maximum Gasteiger partial charge on any atom is 0.322 e. The molecule has 0 bridgehead atoms. The van der Waals surface area contributed by atoms with E-state index in [0.717, 1.165) is 24.0 Å². The summed E-state index contributed by atoms with van der Waals surface area (Å²) in [6.07, 6.45) is 1.71. The first-order chi connectivity index (χ1) is 12.3. The van der Waals surface area contributed by atoms with Crippen LogP contribution < -0.4 is 16.0 Å². The molecular weight excluding hydrogens is 379 g/mol. The molecule has 1 unspecified atom stereocenters. The summed E-state index contributed by atoms with van der Waals surface area (Å²) in [5.74, 6) is -0.318. The number of fused-ring (bicyclic) bond motifs is 1. The fourth-order valence-electron chi connectivity index (χ4n) is 3.82. The number of carbonyl (C=O) groups is 3. The van der Waals surface area contributed by atoms with Crippen LogP contribution in [0.3, 0.4) is 0 Å². The van der Waals surface area contributed by atoms with Crippen LogP contribution in [-0.4, -0.2) is 35.0 Å². The highest BCUT2D eigenvalue weighted by atomic mass is 35.5. The molecule has 3 aliphatic rings. The van der Waals surface area contributed by atoms with Crippen molar-refractivity contribution >= 4 is 41.2 Å². The molecule has 26 heavy (non-hydrogen) atoms. The van der Waals surface area contributed by atoms with Gasteiger partial charge in [-0.2, -0.15) is 0 Å². The highest BCUT2D eigenvalue weighted by Gasteiger charge is 2.56. The van der Waals surface area contributed by atoms with Crippen LogP contribution >= 0.6 is 23.2 Å². The molecule has 5 amide bonds. The van der Waals surface area contributed by atoms with E-state index in [-0.39, 0.29) is 30.4 Å². The summed E-state index contributed by atoms with van der Waals surface area (Å²) in [5, 5.41) is 8.71. The van der Waals surface area contributed by atoms with E-state index >= 15 is 0 Å². The predicted octanol–water partition coefficient (Wildman–Crippen LogP) is 2.57. The van der Waals surface area contributed by atoms with Crippen molar-refractivity contribution in [3.63, 3.8) is 0 Å². The van der Waals surface area contributed by atoms with Gasteiger partial charge in [0.25, 0.3) is 5.91 Å². The maximum absolute atomic E-state index is 12.7. The highest BCUT2D eigenvalue weighted by Crippen LogP contribution is 2.41. The third-order valence-electron chi connectivity index (χ3n) is 5.46. The lowest BCUT2D eigenvalue weighted by molar-refractivity contribution is -0.124. The first-order valence-corrected chi connectivity index (χ1v) is 9.23. The molecule has 0 radical (unpaired) electrons. The molecule has 1 aromatic carbocycles. The quantitative estimate of drug-likeness (QED) is 0.685. The highest BCUT2D eigenvalue weighted by molar-refractivity contribution is 6.42. The summed E-state index contributed by atoms with van der Waals surface area (Å²) in [7, 11) is 0. The Morgan fingerprint density at radius 1 is 1.31 bits per heavy atom. The molecule has 2 aliphatic heterocycles. The van der Waals surface area contributed by atoms with E-state index in [1.54, 1.807) is 17.0 Å². The van der Waals surface area contributed by atoms with E-state index in [2.05, 4.69) is 16.0 Å². The van der Waals surface area contributed by atoms with Crippen LogP contribution in [0.25, 0.3) is 0 Å². The Hall–Kier alpha value is -1.99. The molecule has 0 spiro atoms. The number of hydrogen-bond acceptors (Lipinski definition) is 3. The summed E-state index contributed by atoms with van der Waals surface area (Å²) in [6.45, 7) is 2.39. The van der Waals surface area contributed by atoms with Crippen LogP contribution in [0.15, 0.2) is 12.1 Å².